The van der Waals surface area contributed by atoms with Crippen molar-refractivity contribution < 1.29 is 9.90 Å². The summed E-state index contributed by atoms with van der Waals surface area (Å²) in [5.41, 5.74) is 10.8. The summed E-state index contributed by atoms with van der Waals surface area (Å²) in [6, 6.07) is 4.25. The van der Waals surface area contributed by atoms with Gasteiger partial charge in [-0.3, -0.25) is 4.79 Å². The van der Waals surface area contributed by atoms with E-state index in [0.717, 1.165) is 0 Å². The monoisotopic (exact) mass is 179 g/mol. The predicted octanol–water partition coefficient (Wildman–Crippen LogP) is 0.110. The first-order valence-electron chi connectivity index (χ1n) is 3.51. The van der Waals surface area contributed by atoms with Crippen LogP contribution < -0.4 is 11.5 Å². The molecule has 0 saturated heterocycles. The average Bonchev–Trinajstić information content (AvgIpc) is 2.08. The van der Waals surface area contributed by atoms with E-state index in [9.17, 15) is 9.90 Å². The molecule has 0 saturated carbocycles. The summed E-state index contributed by atoms with van der Waals surface area (Å²) >= 11 is 0. The van der Waals surface area contributed by atoms with Gasteiger partial charge in [0.05, 0.1) is 0 Å². The molecule has 1 aromatic rings. The fourth-order valence-electron chi connectivity index (χ4n) is 0.847. The van der Waals surface area contributed by atoms with Crippen LogP contribution in [0.5, 0.6) is 5.75 Å². The van der Waals surface area contributed by atoms with Gasteiger partial charge in [-0.1, -0.05) is 0 Å². The first-order chi connectivity index (χ1) is 6.13. The van der Waals surface area contributed by atoms with Crippen molar-refractivity contribution in [1.29, 1.82) is 0 Å². The zero-order chi connectivity index (χ0) is 9.84. The van der Waals surface area contributed by atoms with Crippen LogP contribution in [0.25, 0.3) is 0 Å². The number of phenols is 1. The van der Waals surface area contributed by atoms with Gasteiger partial charge < -0.3 is 16.6 Å². The lowest BCUT2D eigenvalue weighted by molar-refractivity contribution is 0.112. The molecule has 0 heterocycles. The number of hydrogen-bond acceptors (Lipinski definition) is 3. The van der Waals surface area contributed by atoms with Gasteiger partial charge in [-0.15, -0.1) is 0 Å². The summed E-state index contributed by atoms with van der Waals surface area (Å²) in [6.07, 6.45) is 0.624. The van der Waals surface area contributed by atoms with Crippen LogP contribution in [0.2, 0.25) is 0 Å². The Bertz CT molecular complexity index is 356. The highest BCUT2D eigenvalue weighted by Gasteiger charge is 2.00. The second-order valence-electron chi connectivity index (χ2n) is 2.40. The Morgan fingerprint density at radius 2 is 2.15 bits per heavy atom. The van der Waals surface area contributed by atoms with Crippen molar-refractivity contribution in [2.24, 2.45) is 16.5 Å². The molecule has 1 aromatic carbocycles. The molecule has 1 rings (SSSR count). The second kappa shape index (κ2) is 3.57. The number of carbonyl (C=O) groups excluding carboxylic acids is 1. The third-order valence-electron chi connectivity index (χ3n) is 1.39. The quantitative estimate of drug-likeness (QED) is 0.340. The zero-order valence-electron chi connectivity index (χ0n) is 6.77. The molecule has 5 N–H and O–H groups in total. The molecule has 0 radical (unpaired) electrons. The molecule has 0 bridgehead atoms. The Kier molecular flexibility index (Phi) is 2.49. The third kappa shape index (κ3) is 2.19. The molecule has 0 unspecified atom stereocenters. The minimum absolute atomic E-state index is 0.127. The van der Waals surface area contributed by atoms with E-state index in [2.05, 4.69) is 4.99 Å². The molecule has 0 aliphatic rings. The maximum atomic E-state index is 10.3. The Morgan fingerprint density at radius 1 is 1.46 bits per heavy atom. The number of benzene rings is 1. The van der Waals surface area contributed by atoms with Crippen LogP contribution in [0.4, 0.5) is 5.69 Å². The van der Waals surface area contributed by atoms with Gasteiger partial charge in [-0.05, 0) is 18.2 Å². The molecular formula is C8H9N3O2. The number of nitrogens with zero attached hydrogens (tertiary/aromatic N) is 1. The van der Waals surface area contributed by atoms with Crippen molar-refractivity contribution in [3.8, 4) is 5.75 Å². The summed E-state index contributed by atoms with van der Waals surface area (Å²) in [6.45, 7) is 0. The summed E-state index contributed by atoms with van der Waals surface area (Å²) in [7, 11) is 0. The summed E-state index contributed by atoms with van der Waals surface area (Å²) in [5, 5.41) is 9.29. The van der Waals surface area contributed by atoms with Crippen LogP contribution in [-0.2, 0) is 0 Å². The van der Waals surface area contributed by atoms with Crippen LogP contribution in [0.1, 0.15) is 10.4 Å². The van der Waals surface area contributed by atoms with E-state index in [0.29, 0.717) is 11.8 Å². The molecule has 5 nitrogen and oxygen atoms in total. The fraction of sp³-hybridized carbons (Fsp3) is 0. The van der Waals surface area contributed by atoms with E-state index in [4.69, 9.17) is 11.5 Å². The number of aliphatic imine (C=N–C) groups is 1. The molecule has 13 heavy (non-hydrogen) atoms. The third-order valence-corrected chi connectivity index (χ3v) is 1.39. The standard InChI is InChI=1S/C8H9N3O2/c9-8(10)11-6-2-1-5(4-12)3-7(6)13/h1-4,13H,(H4,9,10,11). The van der Waals surface area contributed by atoms with E-state index in [1.807, 2.05) is 0 Å². The molecule has 0 aromatic heterocycles. The molecular weight excluding hydrogens is 170 g/mol. The molecule has 0 aliphatic carbocycles. The van der Waals surface area contributed by atoms with E-state index >= 15 is 0 Å². The number of carbonyl (C=O) groups is 1. The lowest BCUT2D eigenvalue weighted by Crippen LogP contribution is -2.21. The highest BCUT2D eigenvalue weighted by molar-refractivity contribution is 5.82. The lowest BCUT2D eigenvalue weighted by Gasteiger charge is -1.99. The normalized spacial score (nSPS) is 9.23. The predicted molar refractivity (Wildman–Crippen MR) is 49.0 cm³/mol. The smallest absolute Gasteiger partial charge is 0.191 e. The van der Waals surface area contributed by atoms with Gasteiger partial charge in [0.15, 0.2) is 5.96 Å². The zero-order valence-corrected chi connectivity index (χ0v) is 6.77. The van der Waals surface area contributed by atoms with Crippen LogP contribution in [0, 0.1) is 0 Å². The minimum Gasteiger partial charge on any atom is -0.506 e. The number of aldehydes is 1. The van der Waals surface area contributed by atoms with Gasteiger partial charge in [0, 0.05) is 5.56 Å². The van der Waals surface area contributed by atoms with Crippen molar-refractivity contribution in [1.82, 2.24) is 0 Å². The van der Waals surface area contributed by atoms with E-state index in [1.54, 1.807) is 0 Å². The van der Waals surface area contributed by atoms with Gasteiger partial charge in [0.25, 0.3) is 0 Å². The van der Waals surface area contributed by atoms with Gasteiger partial charge in [0.1, 0.15) is 17.7 Å². The van der Waals surface area contributed by atoms with E-state index < -0.39 is 0 Å². The molecule has 5 heteroatoms. The largest absolute Gasteiger partial charge is 0.506 e. The summed E-state index contributed by atoms with van der Waals surface area (Å²) in [5.74, 6) is -0.271. The molecule has 0 spiro atoms. The van der Waals surface area contributed by atoms with Crippen LogP contribution in [-0.4, -0.2) is 17.4 Å². The molecule has 0 atom stereocenters. The van der Waals surface area contributed by atoms with Gasteiger partial charge >= 0.3 is 0 Å². The second-order valence-corrected chi connectivity index (χ2v) is 2.40. The van der Waals surface area contributed by atoms with Crippen LogP contribution in [0.3, 0.4) is 0 Å². The SMILES string of the molecule is NC(N)=Nc1ccc(C=O)cc1O. The lowest BCUT2D eigenvalue weighted by atomic mass is 10.2. The molecule has 0 aliphatic heterocycles. The fourth-order valence-corrected chi connectivity index (χ4v) is 0.847. The number of guanidine groups is 1. The van der Waals surface area contributed by atoms with Crippen LogP contribution in [0.15, 0.2) is 23.2 Å². The number of aromatic hydroxyl groups is 1. The van der Waals surface area contributed by atoms with E-state index in [1.165, 1.54) is 18.2 Å². The number of nitrogens with two attached hydrogens (primary N) is 2. The van der Waals surface area contributed by atoms with Gasteiger partial charge in [-0.25, -0.2) is 4.99 Å². The van der Waals surface area contributed by atoms with Crippen molar-refractivity contribution in [2.45, 2.75) is 0 Å². The summed E-state index contributed by atoms with van der Waals surface area (Å²) in [4.78, 5) is 13.9. The molecule has 0 fully saturated rings. The van der Waals surface area contributed by atoms with Crippen molar-refractivity contribution in [3.05, 3.63) is 23.8 Å². The molecule has 68 valence electrons. The highest BCUT2D eigenvalue weighted by Crippen LogP contribution is 2.26. The number of phenolic OH excluding ortho intramolecular Hbond substituents is 1. The number of rotatable bonds is 2. The van der Waals surface area contributed by atoms with Crippen molar-refractivity contribution >= 4 is 17.9 Å². The maximum Gasteiger partial charge on any atom is 0.191 e. The van der Waals surface area contributed by atoms with Crippen LogP contribution >= 0.6 is 0 Å². The Labute approximate surface area is 74.7 Å². The Morgan fingerprint density at radius 3 is 2.62 bits per heavy atom. The first-order valence-corrected chi connectivity index (χ1v) is 3.51. The van der Waals surface area contributed by atoms with Gasteiger partial charge in [0.2, 0.25) is 0 Å². The average molecular weight is 179 g/mol. The molecule has 0 amide bonds. The van der Waals surface area contributed by atoms with Crippen molar-refractivity contribution in [2.75, 3.05) is 0 Å². The minimum atomic E-state index is -0.144. The topological polar surface area (TPSA) is 102 Å². The highest BCUT2D eigenvalue weighted by atomic mass is 16.3. The van der Waals surface area contributed by atoms with Gasteiger partial charge in [-0.2, -0.15) is 0 Å². The summed E-state index contributed by atoms with van der Waals surface area (Å²) < 4.78 is 0. The van der Waals surface area contributed by atoms with E-state index in [-0.39, 0.29) is 17.4 Å². The Balaban J connectivity index is 3.12. The Hall–Kier alpha value is -2.04. The first kappa shape index (κ1) is 9.05. The number of hydrogen-bond donors (Lipinski definition) is 3. The van der Waals surface area contributed by atoms with Crippen molar-refractivity contribution in [3.63, 3.8) is 0 Å². The maximum absolute atomic E-state index is 10.3.